The van der Waals surface area contributed by atoms with Gasteiger partial charge in [-0.1, -0.05) is 28.9 Å². The first kappa shape index (κ1) is 9.07. The molecule has 1 fully saturated rings. The van der Waals surface area contributed by atoms with Crippen molar-refractivity contribution in [2.75, 3.05) is 0 Å². The fourth-order valence-electron chi connectivity index (χ4n) is 1.27. The summed E-state index contributed by atoms with van der Waals surface area (Å²) < 4.78 is 6.84. The molecule has 0 amide bonds. The van der Waals surface area contributed by atoms with Gasteiger partial charge in [-0.15, -0.1) is 0 Å². The average molecular weight is 241 g/mol. The van der Waals surface area contributed by atoms with Crippen LogP contribution in [0.25, 0.3) is 0 Å². The van der Waals surface area contributed by atoms with Crippen LogP contribution in [0.15, 0.2) is 22.7 Å². The Bertz CT molecular complexity index is 305. The van der Waals surface area contributed by atoms with Gasteiger partial charge in [-0.3, -0.25) is 0 Å². The second-order valence-electron chi connectivity index (χ2n) is 3.42. The molecule has 1 aliphatic rings. The van der Waals surface area contributed by atoms with Crippen LogP contribution in [0.2, 0.25) is 0 Å². The van der Waals surface area contributed by atoms with Crippen LogP contribution in [0.5, 0.6) is 5.75 Å². The molecule has 1 aromatic carbocycles. The Kier molecular flexibility index (Phi) is 2.58. The Labute approximate surface area is 87.2 Å². The highest BCUT2D eigenvalue weighted by molar-refractivity contribution is 9.10. The molecule has 0 radical (unpaired) electrons. The van der Waals surface area contributed by atoms with Gasteiger partial charge in [-0.25, -0.2) is 0 Å². The SMILES string of the molecule is CCc1ccc(OC2CC2)cc1Br. The van der Waals surface area contributed by atoms with Crippen LogP contribution in [0, 0.1) is 0 Å². The fraction of sp³-hybridized carbons (Fsp3) is 0.455. The molecule has 13 heavy (non-hydrogen) atoms. The highest BCUT2D eigenvalue weighted by atomic mass is 79.9. The van der Waals surface area contributed by atoms with Crippen LogP contribution in [0.1, 0.15) is 25.3 Å². The molecule has 0 N–H and O–H groups in total. The average Bonchev–Trinajstić information content (AvgIpc) is 2.89. The zero-order valence-electron chi connectivity index (χ0n) is 7.72. The number of rotatable bonds is 3. The third-order valence-corrected chi connectivity index (χ3v) is 2.97. The van der Waals surface area contributed by atoms with E-state index in [1.807, 2.05) is 0 Å². The van der Waals surface area contributed by atoms with Crippen LogP contribution in [-0.4, -0.2) is 6.10 Å². The molecule has 0 heterocycles. The minimum Gasteiger partial charge on any atom is -0.490 e. The van der Waals surface area contributed by atoms with E-state index in [0.717, 1.165) is 16.6 Å². The Hall–Kier alpha value is -0.500. The maximum Gasteiger partial charge on any atom is 0.120 e. The molecule has 0 unspecified atom stereocenters. The van der Waals surface area contributed by atoms with Crippen molar-refractivity contribution in [1.29, 1.82) is 0 Å². The van der Waals surface area contributed by atoms with Crippen molar-refractivity contribution >= 4 is 15.9 Å². The molecule has 1 saturated carbocycles. The molecular formula is C11H13BrO. The number of ether oxygens (including phenoxy) is 1. The molecule has 0 spiro atoms. The highest BCUT2D eigenvalue weighted by Gasteiger charge is 2.23. The third kappa shape index (κ3) is 2.25. The number of halogens is 1. The van der Waals surface area contributed by atoms with Crippen molar-refractivity contribution in [2.45, 2.75) is 32.3 Å². The zero-order valence-corrected chi connectivity index (χ0v) is 9.30. The van der Waals surface area contributed by atoms with Gasteiger partial charge in [0, 0.05) is 4.47 Å². The maximum atomic E-state index is 5.68. The number of benzene rings is 1. The fourth-order valence-corrected chi connectivity index (χ4v) is 1.90. The molecule has 2 rings (SSSR count). The van der Waals surface area contributed by atoms with E-state index in [9.17, 15) is 0 Å². The topological polar surface area (TPSA) is 9.23 Å². The predicted molar refractivity (Wildman–Crippen MR) is 57.2 cm³/mol. The first-order valence-electron chi connectivity index (χ1n) is 4.74. The van der Waals surface area contributed by atoms with Crippen molar-refractivity contribution < 1.29 is 4.74 Å². The molecule has 0 atom stereocenters. The van der Waals surface area contributed by atoms with E-state index in [1.165, 1.54) is 18.4 Å². The Morgan fingerprint density at radius 3 is 2.77 bits per heavy atom. The van der Waals surface area contributed by atoms with Crippen molar-refractivity contribution in [1.82, 2.24) is 0 Å². The lowest BCUT2D eigenvalue weighted by Gasteiger charge is -2.06. The van der Waals surface area contributed by atoms with Gasteiger partial charge in [0.25, 0.3) is 0 Å². The Balaban J connectivity index is 2.13. The lowest BCUT2D eigenvalue weighted by Crippen LogP contribution is -1.96. The molecule has 1 aliphatic carbocycles. The van der Waals surface area contributed by atoms with E-state index in [4.69, 9.17) is 4.74 Å². The van der Waals surface area contributed by atoms with Gasteiger partial charge >= 0.3 is 0 Å². The summed E-state index contributed by atoms with van der Waals surface area (Å²) in [7, 11) is 0. The van der Waals surface area contributed by atoms with Gasteiger partial charge in [-0.2, -0.15) is 0 Å². The molecule has 70 valence electrons. The maximum absolute atomic E-state index is 5.68. The van der Waals surface area contributed by atoms with Gasteiger partial charge < -0.3 is 4.74 Å². The van der Waals surface area contributed by atoms with Crippen molar-refractivity contribution in [3.8, 4) is 5.75 Å². The van der Waals surface area contributed by atoms with E-state index in [0.29, 0.717) is 6.10 Å². The molecule has 0 aliphatic heterocycles. The molecule has 1 nitrogen and oxygen atoms in total. The largest absolute Gasteiger partial charge is 0.490 e. The summed E-state index contributed by atoms with van der Waals surface area (Å²) >= 11 is 3.54. The molecule has 0 saturated heterocycles. The van der Waals surface area contributed by atoms with Gasteiger partial charge in [0.15, 0.2) is 0 Å². The summed E-state index contributed by atoms with van der Waals surface area (Å²) in [5.41, 5.74) is 1.34. The smallest absolute Gasteiger partial charge is 0.120 e. The van der Waals surface area contributed by atoms with E-state index < -0.39 is 0 Å². The van der Waals surface area contributed by atoms with Gasteiger partial charge in [0.1, 0.15) is 5.75 Å². The lowest BCUT2D eigenvalue weighted by atomic mass is 10.2. The van der Waals surface area contributed by atoms with Crippen LogP contribution >= 0.6 is 15.9 Å². The second kappa shape index (κ2) is 3.70. The molecule has 1 aromatic rings. The minimum atomic E-state index is 0.486. The van der Waals surface area contributed by atoms with Crippen LogP contribution in [0.3, 0.4) is 0 Å². The summed E-state index contributed by atoms with van der Waals surface area (Å²) in [5.74, 6) is 0.992. The third-order valence-electron chi connectivity index (χ3n) is 2.23. The second-order valence-corrected chi connectivity index (χ2v) is 4.28. The molecule has 0 aromatic heterocycles. The van der Waals surface area contributed by atoms with Gasteiger partial charge in [-0.05, 0) is 37.0 Å². The minimum absolute atomic E-state index is 0.486. The van der Waals surface area contributed by atoms with E-state index in [2.05, 4.69) is 41.1 Å². The zero-order chi connectivity index (χ0) is 9.26. The van der Waals surface area contributed by atoms with Crippen molar-refractivity contribution in [3.05, 3.63) is 28.2 Å². The van der Waals surface area contributed by atoms with E-state index in [1.54, 1.807) is 0 Å². The Morgan fingerprint density at radius 2 is 2.23 bits per heavy atom. The monoisotopic (exact) mass is 240 g/mol. The van der Waals surface area contributed by atoms with Crippen LogP contribution in [-0.2, 0) is 6.42 Å². The van der Waals surface area contributed by atoms with Crippen LogP contribution in [0.4, 0.5) is 0 Å². The molecule has 2 heteroatoms. The summed E-state index contributed by atoms with van der Waals surface area (Å²) in [5, 5.41) is 0. The number of aryl methyl sites for hydroxylation is 1. The highest BCUT2D eigenvalue weighted by Crippen LogP contribution is 2.29. The summed E-state index contributed by atoms with van der Waals surface area (Å²) in [6.45, 7) is 2.15. The summed E-state index contributed by atoms with van der Waals surface area (Å²) in [6, 6.07) is 6.25. The lowest BCUT2D eigenvalue weighted by molar-refractivity contribution is 0.303. The van der Waals surface area contributed by atoms with Gasteiger partial charge in [0.05, 0.1) is 6.10 Å². The van der Waals surface area contributed by atoms with Crippen molar-refractivity contribution in [2.24, 2.45) is 0 Å². The quantitative estimate of drug-likeness (QED) is 0.786. The number of hydrogen-bond acceptors (Lipinski definition) is 1. The Morgan fingerprint density at radius 1 is 1.46 bits per heavy atom. The summed E-state index contributed by atoms with van der Waals surface area (Å²) in [6.07, 6.45) is 3.98. The number of hydrogen-bond donors (Lipinski definition) is 0. The van der Waals surface area contributed by atoms with E-state index >= 15 is 0 Å². The summed E-state index contributed by atoms with van der Waals surface area (Å²) in [4.78, 5) is 0. The predicted octanol–water partition coefficient (Wildman–Crippen LogP) is 3.55. The standard InChI is InChI=1S/C11H13BrO/c1-2-8-3-4-10(7-11(8)12)13-9-5-6-9/h3-4,7,9H,2,5-6H2,1H3. The molecular weight excluding hydrogens is 228 g/mol. The first-order valence-corrected chi connectivity index (χ1v) is 5.54. The van der Waals surface area contributed by atoms with Crippen LogP contribution < -0.4 is 4.74 Å². The van der Waals surface area contributed by atoms with Gasteiger partial charge in [0.2, 0.25) is 0 Å². The first-order chi connectivity index (χ1) is 6.29. The normalized spacial score (nSPS) is 15.8. The van der Waals surface area contributed by atoms with E-state index in [-0.39, 0.29) is 0 Å². The van der Waals surface area contributed by atoms with Crippen molar-refractivity contribution in [3.63, 3.8) is 0 Å². The molecule has 0 bridgehead atoms.